The highest BCUT2D eigenvalue weighted by Crippen LogP contribution is 2.19. The summed E-state index contributed by atoms with van der Waals surface area (Å²) in [6.07, 6.45) is 0. The van der Waals surface area contributed by atoms with Crippen LogP contribution in [0.3, 0.4) is 0 Å². The molecule has 1 aromatic rings. The highest BCUT2D eigenvalue weighted by atomic mass is 32.2. The minimum atomic E-state index is 0.343. The number of amidine groups is 1. The van der Waals surface area contributed by atoms with Crippen LogP contribution >= 0.6 is 11.8 Å². The van der Waals surface area contributed by atoms with Gasteiger partial charge in [0.1, 0.15) is 0 Å². The predicted octanol–water partition coefficient (Wildman–Crippen LogP) is 2.75. The molecule has 0 radical (unpaired) electrons. The largest absolute Gasteiger partial charge is 0.358 e. The van der Waals surface area contributed by atoms with Crippen molar-refractivity contribution in [3.05, 3.63) is 35.4 Å². The van der Waals surface area contributed by atoms with Gasteiger partial charge in [-0.2, -0.15) is 0 Å². The second kappa shape index (κ2) is 4.71. The second-order valence-corrected chi connectivity index (χ2v) is 4.84. The summed E-state index contributed by atoms with van der Waals surface area (Å²) >= 11 is 1.81. The zero-order valence-corrected chi connectivity index (χ0v) is 9.97. The molecule has 1 N–H and O–H groups in total. The Morgan fingerprint density at radius 3 is 2.87 bits per heavy atom. The van der Waals surface area contributed by atoms with Crippen LogP contribution in [-0.4, -0.2) is 17.5 Å². The van der Waals surface area contributed by atoms with E-state index >= 15 is 0 Å². The number of nitrogens with one attached hydrogen (secondary N) is 1. The van der Waals surface area contributed by atoms with Crippen LogP contribution in [0.1, 0.15) is 24.1 Å². The maximum Gasteiger partial charge on any atom is 0.157 e. The van der Waals surface area contributed by atoms with E-state index in [1.807, 2.05) is 11.8 Å². The Hall–Kier alpha value is -0.960. The van der Waals surface area contributed by atoms with E-state index in [0.29, 0.717) is 6.04 Å². The van der Waals surface area contributed by atoms with Crippen molar-refractivity contribution < 1.29 is 0 Å². The van der Waals surface area contributed by atoms with Crippen molar-refractivity contribution in [3.63, 3.8) is 0 Å². The highest BCUT2D eigenvalue weighted by molar-refractivity contribution is 8.14. The Labute approximate surface area is 95.2 Å². The summed E-state index contributed by atoms with van der Waals surface area (Å²) in [4.78, 5) is 4.40. The summed E-state index contributed by atoms with van der Waals surface area (Å²) in [5.41, 5.74) is 2.69. The fourth-order valence-corrected chi connectivity index (χ4v) is 2.58. The molecule has 1 aromatic carbocycles. The van der Waals surface area contributed by atoms with E-state index in [9.17, 15) is 0 Å². The molecular weight excluding hydrogens is 204 g/mol. The first-order valence-corrected chi connectivity index (χ1v) is 6.25. The topological polar surface area (TPSA) is 24.4 Å². The van der Waals surface area contributed by atoms with Gasteiger partial charge in [0.2, 0.25) is 0 Å². The van der Waals surface area contributed by atoms with Crippen molar-refractivity contribution in [2.24, 2.45) is 4.99 Å². The third kappa shape index (κ3) is 2.53. The van der Waals surface area contributed by atoms with Gasteiger partial charge in [-0.25, -0.2) is 0 Å². The maximum atomic E-state index is 4.40. The van der Waals surface area contributed by atoms with Crippen LogP contribution in [0.25, 0.3) is 0 Å². The van der Waals surface area contributed by atoms with Crippen molar-refractivity contribution in [3.8, 4) is 0 Å². The molecule has 0 aromatic heterocycles. The average molecular weight is 220 g/mol. The van der Waals surface area contributed by atoms with E-state index in [4.69, 9.17) is 0 Å². The molecule has 0 aliphatic carbocycles. The van der Waals surface area contributed by atoms with Crippen LogP contribution in [0.15, 0.2) is 29.3 Å². The summed E-state index contributed by atoms with van der Waals surface area (Å²) in [6.45, 7) is 5.29. The molecule has 0 saturated carbocycles. The van der Waals surface area contributed by atoms with Crippen molar-refractivity contribution in [2.45, 2.75) is 19.9 Å². The molecule has 0 amide bonds. The molecule has 0 saturated heterocycles. The summed E-state index contributed by atoms with van der Waals surface area (Å²) in [6, 6.07) is 8.83. The van der Waals surface area contributed by atoms with Crippen LogP contribution in [0.4, 0.5) is 0 Å². The molecule has 0 spiro atoms. The zero-order valence-electron chi connectivity index (χ0n) is 9.16. The molecule has 1 aliphatic heterocycles. The molecule has 0 bridgehead atoms. The van der Waals surface area contributed by atoms with Crippen molar-refractivity contribution in [1.29, 1.82) is 0 Å². The van der Waals surface area contributed by atoms with Gasteiger partial charge in [-0.15, -0.1) is 0 Å². The van der Waals surface area contributed by atoms with Gasteiger partial charge in [0.05, 0.1) is 12.6 Å². The van der Waals surface area contributed by atoms with E-state index in [1.54, 1.807) is 0 Å². The Balaban J connectivity index is 2.07. The molecule has 1 atom stereocenters. The van der Waals surface area contributed by atoms with Crippen LogP contribution < -0.4 is 5.32 Å². The van der Waals surface area contributed by atoms with E-state index in [-0.39, 0.29) is 0 Å². The number of hydrogen-bond acceptors (Lipinski definition) is 3. The van der Waals surface area contributed by atoms with Crippen LogP contribution in [0.2, 0.25) is 0 Å². The maximum absolute atomic E-state index is 4.40. The minimum Gasteiger partial charge on any atom is -0.358 e. The third-order valence-electron chi connectivity index (χ3n) is 2.58. The fourth-order valence-electron chi connectivity index (χ4n) is 1.76. The van der Waals surface area contributed by atoms with E-state index in [1.165, 1.54) is 11.1 Å². The molecular formula is C12H16N2S. The number of nitrogens with zero attached hydrogens (tertiary/aromatic N) is 1. The Morgan fingerprint density at radius 2 is 2.20 bits per heavy atom. The standard InChI is InChI=1S/C12H16N2S/c1-9-5-3-4-6-11(9)10(2)14-12-13-7-8-15-12/h3-6,10H,7-8H2,1-2H3,(H,13,14). The van der Waals surface area contributed by atoms with Gasteiger partial charge in [-0.05, 0) is 25.0 Å². The van der Waals surface area contributed by atoms with Gasteiger partial charge in [-0.3, -0.25) is 4.99 Å². The first kappa shape index (κ1) is 10.6. The number of hydrogen-bond donors (Lipinski definition) is 1. The van der Waals surface area contributed by atoms with Crippen LogP contribution in [-0.2, 0) is 0 Å². The van der Waals surface area contributed by atoms with Gasteiger partial charge in [0.25, 0.3) is 0 Å². The molecule has 80 valence electrons. The SMILES string of the molecule is Cc1ccccc1C(C)NC1=NCCS1. The third-order valence-corrected chi connectivity index (χ3v) is 3.49. The molecule has 0 fully saturated rings. The molecule has 1 unspecified atom stereocenters. The lowest BCUT2D eigenvalue weighted by Gasteiger charge is -2.16. The lowest BCUT2D eigenvalue weighted by Crippen LogP contribution is -2.23. The molecule has 15 heavy (non-hydrogen) atoms. The smallest absolute Gasteiger partial charge is 0.157 e. The molecule has 3 heteroatoms. The Kier molecular flexibility index (Phi) is 3.31. The van der Waals surface area contributed by atoms with E-state index < -0.39 is 0 Å². The highest BCUT2D eigenvalue weighted by Gasteiger charge is 2.12. The number of aryl methyl sites for hydroxylation is 1. The first-order valence-electron chi connectivity index (χ1n) is 5.26. The van der Waals surface area contributed by atoms with E-state index in [2.05, 4.69) is 48.4 Å². The average Bonchev–Trinajstić information content (AvgIpc) is 2.71. The number of benzene rings is 1. The Bertz CT molecular complexity index is 374. The van der Waals surface area contributed by atoms with Crippen molar-refractivity contribution in [2.75, 3.05) is 12.3 Å². The van der Waals surface area contributed by atoms with Gasteiger partial charge < -0.3 is 5.32 Å². The number of thioether (sulfide) groups is 1. The van der Waals surface area contributed by atoms with Crippen LogP contribution in [0, 0.1) is 6.92 Å². The molecule has 1 aliphatic rings. The summed E-state index contributed by atoms with van der Waals surface area (Å²) in [5.74, 6) is 1.11. The summed E-state index contributed by atoms with van der Waals surface area (Å²) in [7, 11) is 0. The minimum absolute atomic E-state index is 0.343. The lowest BCUT2D eigenvalue weighted by molar-refractivity contribution is 0.718. The van der Waals surface area contributed by atoms with Gasteiger partial charge >= 0.3 is 0 Å². The molecule has 1 heterocycles. The van der Waals surface area contributed by atoms with Gasteiger partial charge in [0, 0.05) is 5.75 Å². The van der Waals surface area contributed by atoms with E-state index in [0.717, 1.165) is 17.5 Å². The van der Waals surface area contributed by atoms with Gasteiger partial charge in [-0.1, -0.05) is 36.0 Å². The quantitative estimate of drug-likeness (QED) is 0.828. The lowest BCUT2D eigenvalue weighted by atomic mass is 10.0. The monoisotopic (exact) mass is 220 g/mol. The fraction of sp³-hybridized carbons (Fsp3) is 0.417. The zero-order chi connectivity index (χ0) is 10.7. The van der Waals surface area contributed by atoms with Crippen molar-refractivity contribution in [1.82, 2.24) is 5.32 Å². The number of rotatable bonds is 2. The summed E-state index contributed by atoms with van der Waals surface area (Å²) in [5, 5.41) is 4.54. The first-order chi connectivity index (χ1) is 7.27. The van der Waals surface area contributed by atoms with Crippen LogP contribution in [0.5, 0.6) is 0 Å². The molecule has 2 rings (SSSR count). The predicted molar refractivity (Wildman–Crippen MR) is 67.5 cm³/mol. The second-order valence-electron chi connectivity index (χ2n) is 3.76. The normalized spacial score (nSPS) is 17.3. The Morgan fingerprint density at radius 1 is 1.40 bits per heavy atom. The summed E-state index contributed by atoms with van der Waals surface area (Å²) < 4.78 is 0. The number of aliphatic imine (C=N–C) groups is 1. The van der Waals surface area contributed by atoms with Crippen molar-refractivity contribution >= 4 is 16.9 Å². The van der Waals surface area contributed by atoms with Gasteiger partial charge in [0.15, 0.2) is 5.17 Å². The molecule has 2 nitrogen and oxygen atoms in total.